The molecule has 0 bridgehead atoms. The summed E-state index contributed by atoms with van der Waals surface area (Å²) in [4.78, 5) is 0. The molecule has 0 fully saturated rings. The monoisotopic (exact) mass is 515 g/mol. The molecule has 2 N–H and O–H groups in total. The Morgan fingerprint density at radius 2 is 1.67 bits per heavy atom. The molecule has 2 aromatic rings. The molecule has 0 aliphatic rings. The van der Waals surface area contributed by atoms with Gasteiger partial charge in [0.2, 0.25) is 0 Å². The van der Waals surface area contributed by atoms with E-state index in [0.717, 1.165) is 27.6 Å². The van der Waals surface area contributed by atoms with Crippen molar-refractivity contribution in [3.63, 3.8) is 0 Å². The number of hydrogen-bond acceptors (Lipinski definition) is 2. The molecule has 0 saturated heterocycles. The first-order valence-electron chi connectivity index (χ1n) is 5.06. The number of halogens is 4. The van der Waals surface area contributed by atoms with E-state index in [0.29, 0.717) is 0 Å². The van der Waals surface area contributed by atoms with Crippen LogP contribution in [0.3, 0.4) is 0 Å². The van der Waals surface area contributed by atoms with Crippen molar-refractivity contribution in [1.82, 2.24) is 0 Å². The molecule has 18 heavy (non-hydrogen) atoms. The lowest BCUT2D eigenvalue weighted by atomic mass is 10.0. The zero-order valence-corrected chi connectivity index (χ0v) is 16.5. The molecule has 0 amide bonds. The molecule has 0 spiro atoms. The van der Waals surface area contributed by atoms with E-state index in [1.807, 2.05) is 0 Å². The average Bonchev–Trinajstić information content (AvgIpc) is 2.62. The van der Waals surface area contributed by atoms with Gasteiger partial charge in [-0.2, -0.15) is 0 Å². The molecular formula is C12H9Br4NS. The number of rotatable bonds is 2. The predicted octanol–water partition coefficient (Wildman–Crippen LogP) is 6.15. The third-order valence-corrected chi connectivity index (χ3v) is 6.56. The molecule has 1 nitrogen and oxygen atoms in total. The van der Waals surface area contributed by atoms with Gasteiger partial charge in [0.05, 0.1) is 13.6 Å². The van der Waals surface area contributed by atoms with Crippen LogP contribution in [0.4, 0.5) is 0 Å². The lowest BCUT2D eigenvalue weighted by Gasteiger charge is -2.15. The quantitative estimate of drug-likeness (QED) is 0.507. The molecular weight excluding hydrogens is 510 g/mol. The molecule has 0 saturated carbocycles. The van der Waals surface area contributed by atoms with Gasteiger partial charge in [0.1, 0.15) is 0 Å². The number of thiophene rings is 1. The molecule has 6 heteroatoms. The van der Waals surface area contributed by atoms with Crippen molar-refractivity contribution in [1.29, 1.82) is 0 Å². The van der Waals surface area contributed by atoms with Crippen LogP contribution in [0.2, 0.25) is 0 Å². The van der Waals surface area contributed by atoms with Crippen molar-refractivity contribution >= 4 is 75.1 Å². The Morgan fingerprint density at radius 1 is 1.00 bits per heavy atom. The maximum Gasteiger partial charge on any atom is 0.0761 e. The highest BCUT2D eigenvalue weighted by atomic mass is 79.9. The average molecular weight is 519 g/mol. The van der Waals surface area contributed by atoms with E-state index in [9.17, 15) is 0 Å². The van der Waals surface area contributed by atoms with Gasteiger partial charge in [0.15, 0.2) is 0 Å². The fourth-order valence-electron chi connectivity index (χ4n) is 1.63. The van der Waals surface area contributed by atoms with Gasteiger partial charge in [-0.15, -0.1) is 11.3 Å². The SMILES string of the molecule is Cc1cc(Br)c(C(N)c2cc(Br)sc2Br)cc1Br. The van der Waals surface area contributed by atoms with Crippen LogP contribution >= 0.6 is 75.1 Å². The van der Waals surface area contributed by atoms with Gasteiger partial charge in [-0.1, -0.05) is 31.9 Å². The normalized spacial score (nSPS) is 12.8. The molecule has 0 aliphatic heterocycles. The van der Waals surface area contributed by atoms with Gasteiger partial charge in [-0.3, -0.25) is 0 Å². The zero-order chi connectivity index (χ0) is 13.4. The van der Waals surface area contributed by atoms with Crippen LogP contribution in [-0.2, 0) is 0 Å². The Kier molecular flexibility index (Phi) is 5.11. The zero-order valence-electron chi connectivity index (χ0n) is 9.31. The van der Waals surface area contributed by atoms with Gasteiger partial charge in [0.25, 0.3) is 0 Å². The summed E-state index contributed by atoms with van der Waals surface area (Å²) in [5.74, 6) is 0. The van der Waals surface area contributed by atoms with Crippen molar-refractivity contribution in [2.24, 2.45) is 5.73 Å². The molecule has 1 aromatic carbocycles. The third kappa shape index (κ3) is 3.10. The van der Waals surface area contributed by atoms with Gasteiger partial charge >= 0.3 is 0 Å². The van der Waals surface area contributed by atoms with Crippen molar-refractivity contribution in [2.45, 2.75) is 13.0 Å². The molecule has 1 aromatic heterocycles. The van der Waals surface area contributed by atoms with Crippen LogP contribution in [0.15, 0.2) is 34.7 Å². The maximum atomic E-state index is 6.36. The highest BCUT2D eigenvalue weighted by Gasteiger charge is 2.18. The van der Waals surface area contributed by atoms with E-state index in [2.05, 4.69) is 88.8 Å². The Labute approximate surface area is 144 Å². The maximum absolute atomic E-state index is 6.36. The highest BCUT2D eigenvalue weighted by molar-refractivity contribution is 9.12. The minimum absolute atomic E-state index is 0.159. The van der Waals surface area contributed by atoms with Crippen molar-refractivity contribution < 1.29 is 0 Å². The van der Waals surface area contributed by atoms with E-state index in [-0.39, 0.29) is 6.04 Å². The lowest BCUT2D eigenvalue weighted by molar-refractivity contribution is 0.864. The molecule has 2 rings (SSSR count). The smallest absolute Gasteiger partial charge is 0.0761 e. The summed E-state index contributed by atoms with van der Waals surface area (Å²) in [6.07, 6.45) is 0. The summed E-state index contributed by atoms with van der Waals surface area (Å²) in [6.45, 7) is 2.06. The second kappa shape index (κ2) is 6.06. The number of nitrogens with two attached hydrogens (primary N) is 1. The topological polar surface area (TPSA) is 26.0 Å². The standard InChI is InChI=1S/C12H9Br4NS/c1-5-2-9(14)6(3-8(5)13)11(17)7-4-10(15)18-12(7)16/h2-4,11H,17H2,1H3. The molecule has 1 unspecified atom stereocenters. The van der Waals surface area contributed by atoms with Crippen LogP contribution in [-0.4, -0.2) is 0 Å². The van der Waals surface area contributed by atoms with E-state index >= 15 is 0 Å². The largest absolute Gasteiger partial charge is 0.320 e. The third-order valence-electron chi connectivity index (χ3n) is 2.63. The van der Waals surface area contributed by atoms with Gasteiger partial charge in [-0.25, -0.2) is 0 Å². The minimum atomic E-state index is -0.159. The number of hydrogen-bond donors (Lipinski definition) is 1. The summed E-state index contributed by atoms with van der Waals surface area (Å²) >= 11 is 15.8. The Balaban J connectivity index is 2.49. The van der Waals surface area contributed by atoms with Crippen LogP contribution < -0.4 is 5.73 Å². The predicted molar refractivity (Wildman–Crippen MR) is 92.3 cm³/mol. The Bertz CT molecular complexity index is 594. The second-order valence-corrected chi connectivity index (χ2v) is 9.34. The van der Waals surface area contributed by atoms with Crippen LogP contribution in [0.1, 0.15) is 22.7 Å². The van der Waals surface area contributed by atoms with Gasteiger partial charge in [0, 0.05) is 8.95 Å². The molecule has 0 radical (unpaired) electrons. The summed E-state index contributed by atoms with van der Waals surface area (Å²) < 4.78 is 4.24. The van der Waals surface area contributed by atoms with Crippen LogP contribution in [0, 0.1) is 6.92 Å². The fraction of sp³-hybridized carbons (Fsp3) is 0.167. The number of aryl methyl sites for hydroxylation is 1. The van der Waals surface area contributed by atoms with E-state index < -0.39 is 0 Å². The first-order chi connectivity index (χ1) is 8.40. The van der Waals surface area contributed by atoms with Crippen molar-refractivity contribution in [3.8, 4) is 0 Å². The van der Waals surface area contributed by atoms with Crippen molar-refractivity contribution in [2.75, 3.05) is 0 Å². The minimum Gasteiger partial charge on any atom is -0.320 e. The Morgan fingerprint density at radius 3 is 2.22 bits per heavy atom. The van der Waals surface area contributed by atoms with E-state index in [4.69, 9.17) is 5.73 Å². The van der Waals surface area contributed by atoms with Crippen LogP contribution in [0.5, 0.6) is 0 Å². The first kappa shape index (κ1) is 15.2. The molecule has 96 valence electrons. The summed E-state index contributed by atoms with van der Waals surface area (Å²) in [5.41, 5.74) is 9.69. The summed E-state index contributed by atoms with van der Waals surface area (Å²) in [5, 5.41) is 0. The molecule has 0 aliphatic carbocycles. The van der Waals surface area contributed by atoms with Crippen molar-refractivity contribution in [3.05, 3.63) is 51.4 Å². The first-order valence-corrected chi connectivity index (χ1v) is 9.05. The van der Waals surface area contributed by atoms with Crippen LogP contribution in [0.25, 0.3) is 0 Å². The summed E-state index contributed by atoms with van der Waals surface area (Å²) in [7, 11) is 0. The number of benzene rings is 1. The molecule has 1 heterocycles. The second-order valence-electron chi connectivity index (χ2n) is 3.88. The van der Waals surface area contributed by atoms with E-state index in [1.165, 1.54) is 5.56 Å². The fourth-order valence-corrected chi connectivity index (χ4v) is 5.63. The highest BCUT2D eigenvalue weighted by Crippen LogP contribution is 2.39. The molecule has 1 atom stereocenters. The van der Waals surface area contributed by atoms with E-state index in [1.54, 1.807) is 11.3 Å². The van der Waals surface area contributed by atoms with Gasteiger partial charge in [-0.05, 0) is 73.7 Å². The lowest BCUT2D eigenvalue weighted by Crippen LogP contribution is -2.12. The van der Waals surface area contributed by atoms with Gasteiger partial charge < -0.3 is 5.73 Å². The Hall–Kier alpha value is 0.800. The summed E-state index contributed by atoms with van der Waals surface area (Å²) in [6, 6.07) is 6.05.